The number of ether oxygens (including phenoxy) is 2. The second-order valence-corrected chi connectivity index (χ2v) is 6.29. The smallest absolute Gasteiger partial charge is 0.252 e. The molecule has 4 nitrogen and oxygen atoms in total. The Bertz CT molecular complexity index is 789. The second kappa shape index (κ2) is 7.43. The van der Waals surface area contributed by atoms with E-state index in [0.29, 0.717) is 23.1 Å². The van der Waals surface area contributed by atoms with Crippen molar-refractivity contribution in [3.05, 3.63) is 59.2 Å². The van der Waals surface area contributed by atoms with Crippen LogP contribution in [-0.4, -0.2) is 26.2 Å². The summed E-state index contributed by atoms with van der Waals surface area (Å²) < 4.78 is 10.7. The molecule has 0 heterocycles. The molecule has 1 amide bonds. The first-order chi connectivity index (χ1) is 12.1. The van der Waals surface area contributed by atoms with Crippen LogP contribution in [0.25, 0.3) is 11.6 Å². The van der Waals surface area contributed by atoms with E-state index in [0.717, 1.165) is 24.0 Å². The van der Waals surface area contributed by atoms with Crippen LogP contribution in [0.15, 0.2) is 42.5 Å². The molecule has 1 N–H and O–H groups in total. The van der Waals surface area contributed by atoms with Gasteiger partial charge in [0.25, 0.3) is 5.91 Å². The maximum absolute atomic E-state index is 12.8. The zero-order valence-electron chi connectivity index (χ0n) is 14.8. The predicted molar refractivity (Wildman–Crippen MR) is 99.8 cm³/mol. The third-order valence-electron chi connectivity index (χ3n) is 4.24. The molecule has 1 aliphatic carbocycles. The molecule has 0 radical (unpaired) electrons. The maximum Gasteiger partial charge on any atom is 0.252 e. The van der Waals surface area contributed by atoms with Gasteiger partial charge in [-0.05, 0) is 49.1 Å². The Morgan fingerprint density at radius 1 is 1.04 bits per heavy atom. The van der Waals surface area contributed by atoms with Gasteiger partial charge in [0, 0.05) is 11.6 Å². The van der Waals surface area contributed by atoms with Gasteiger partial charge in [0.2, 0.25) is 0 Å². The van der Waals surface area contributed by atoms with Crippen LogP contribution >= 0.6 is 0 Å². The van der Waals surface area contributed by atoms with Gasteiger partial charge in [-0.1, -0.05) is 35.9 Å². The van der Waals surface area contributed by atoms with E-state index in [1.54, 1.807) is 14.2 Å². The molecule has 130 valence electrons. The summed E-state index contributed by atoms with van der Waals surface area (Å²) in [5.41, 5.74) is 3.60. The average Bonchev–Trinajstić information content (AvgIpc) is 3.44. The number of carbonyl (C=O) groups is 1. The lowest BCUT2D eigenvalue weighted by molar-refractivity contribution is -0.115. The van der Waals surface area contributed by atoms with Crippen molar-refractivity contribution in [2.45, 2.75) is 25.8 Å². The SMILES string of the molecule is COc1ccc(/C(=C\c2ccc(C)cc2)C(=O)NC2CC2)cc1OC. The van der Waals surface area contributed by atoms with E-state index in [-0.39, 0.29) is 5.91 Å². The lowest BCUT2D eigenvalue weighted by atomic mass is 10.0. The molecule has 0 aliphatic heterocycles. The monoisotopic (exact) mass is 337 g/mol. The number of hydrogen-bond acceptors (Lipinski definition) is 3. The van der Waals surface area contributed by atoms with Crippen LogP contribution < -0.4 is 14.8 Å². The van der Waals surface area contributed by atoms with Gasteiger partial charge in [-0.3, -0.25) is 4.79 Å². The topological polar surface area (TPSA) is 47.6 Å². The van der Waals surface area contributed by atoms with Gasteiger partial charge >= 0.3 is 0 Å². The molecule has 0 aromatic heterocycles. The first-order valence-corrected chi connectivity index (χ1v) is 8.42. The molecule has 1 aliphatic rings. The third kappa shape index (κ3) is 4.21. The Balaban J connectivity index is 2.00. The van der Waals surface area contributed by atoms with E-state index in [9.17, 15) is 4.79 Å². The van der Waals surface area contributed by atoms with Crippen LogP contribution in [-0.2, 0) is 4.79 Å². The van der Waals surface area contributed by atoms with E-state index in [1.807, 2.05) is 55.5 Å². The average molecular weight is 337 g/mol. The Labute approximate surface area is 148 Å². The summed E-state index contributed by atoms with van der Waals surface area (Å²) in [4.78, 5) is 12.8. The first kappa shape index (κ1) is 17.1. The highest BCUT2D eigenvalue weighted by Crippen LogP contribution is 2.32. The van der Waals surface area contributed by atoms with Crippen LogP contribution in [0.1, 0.15) is 29.5 Å². The minimum Gasteiger partial charge on any atom is -0.493 e. The molecular weight excluding hydrogens is 314 g/mol. The van der Waals surface area contributed by atoms with Gasteiger partial charge in [0.05, 0.1) is 14.2 Å². The fraction of sp³-hybridized carbons (Fsp3) is 0.286. The van der Waals surface area contributed by atoms with E-state index in [1.165, 1.54) is 5.56 Å². The number of aryl methyl sites for hydroxylation is 1. The maximum atomic E-state index is 12.8. The van der Waals surface area contributed by atoms with Gasteiger partial charge in [0.1, 0.15) is 0 Å². The molecule has 1 saturated carbocycles. The third-order valence-corrected chi connectivity index (χ3v) is 4.24. The van der Waals surface area contributed by atoms with E-state index in [2.05, 4.69) is 5.32 Å². The largest absolute Gasteiger partial charge is 0.493 e. The number of benzene rings is 2. The van der Waals surface area contributed by atoms with Gasteiger partial charge in [0.15, 0.2) is 11.5 Å². The minimum absolute atomic E-state index is 0.0599. The summed E-state index contributed by atoms with van der Waals surface area (Å²) >= 11 is 0. The number of nitrogens with one attached hydrogen (secondary N) is 1. The van der Waals surface area contributed by atoms with Crippen molar-refractivity contribution < 1.29 is 14.3 Å². The van der Waals surface area contributed by atoms with Crippen LogP contribution in [0, 0.1) is 6.92 Å². The predicted octanol–water partition coefficient (Wildman–Crippen LogP) is 3.83. The molecule has 4 heteroatoms. The number of methoxy groups -OCH3 is 2. The zero-order valence-corrected chi connectivity index (χ0v) is 14.8. The van der Waals surface area contributed by atoms with Crippen molar-refractivity contribution in [2.24, 2.45) is 0 Å². The standard InChI is InChI=1S/C21H23NO3/c1-14-4-6-15(7-5-14)12-18(21(23)22-17-9-10-17)16-8-11-19(24-2)20(13-16)25-3/h4-8,11-13,17H,9-10H2,1-3H3,(H,22,23)/b18-12+. The van der Waals surface area contributed by atoms with Crippen molar-refractivity contribution in [1.29, 1.82) is 0 Å². The van der Waals surface area contributed by atoms with Crippen molar-refractivity contribution in [3.63, 3.8) is 0 Å². The molecule has 25 heavy (non-hydrogen) atoms. The Morgan fingerprint density at radius 2 is 1.72 bits per heavy atom. The van der Waals surface area contributed by atoms with Gasteiger partial charge in [-0.15, -0.1) is 0 Å². The summed E-state index contributed by atoms with van der Waals surface area (Å²) in [5, 5.41) is 3.07. The number of hydrogen-bond donors (Lipinski definition) is 1. The van der Waals surface area contributed by atoms with Crippen LogP contribution in [0.3, 0.4) is 0 Å². The van der Waals surface area contributed by atoms with Crippen molar-refractivity contribution in [1.82, 2.24) is 5.32 Å². The Hall–Kier alpha value is -2.75. The van der Waals surface area contributed by atoms with Crippen LogP contribution in [0.5, 0.6) is 11.5 Å². The van der Waals surface area contributed by atoms with Gasteiger partial charge in [-0.25, -0.2) is 0 Å². The van der Waals surface area contributed by atoms with E-state index >= 15 is 0 Å². The summed E-state index contributed by atoms with van der Waals surface area (Å²) in [7, 11) is 3.19. The highest BCUT2D eigenvalue weighted by molar-refractivity contribution is 6.24. The molecule has 0 atom stereocenters. The second-order valence-electron chi connectivity index (χ2n) is 6.29. The van der Waals surface area contributed by atoms with Gasteiger partial charge < -0.3 is 14.8 Å². The Morgan fingerprint density at radius 3 is 2.32 bits per heavy atom. The summed E-state index contributed by atoms with van der Waals surface area (Å²) in [6.07, 6.45) is 4.02. The summed E-state index contributed by atoms with van der Waals surface area (Å²) in [6.45, 7) is 2.04. The van der Waals surface area contributed by atoms with Crippen LogP contribution in [0.2, 0.25) is 0 Å². The zero-order chi connectivity index (χ0) is 17.8. The summed E-state index contributed by atoms with van der Waals surface area (Å²) in [5.74, 6) is 1.19. The number of rotatable bonds is 6. The molecule has 3 rings (SSSR count). The molecule has 1 fully saturated rings. The lowest BCUT2D eigenvalue weighted by Crippen LogP contribution is -2.26. The van der Waals surface area contributed by atoms with Crippen molar-refractivity contribution >= 4 is 17.6 Å². The van der Waals surface area contributed by atoms with Gasteiger partial charge in [-0.2, -0.15) is 0 Å². The minimum atomic E-state index is -0.0599. The molecule has 0 saturated heterocycles. The summed E-state index contributed by atoms with van der Waals surface area (Å²) in [6, 6.07) is 13.9. The first-order valence-electron chi connectivity index (χ1n) is 8.42. The normalized spacial score (nSPS) is 14.1. The molecule has 0 unspecified atom stereocenters. The quantitative estimate of drug-likeness (QED) is 0.644. The molecule has 0 spiro atoms. The number of amides is 1. The fourth-order valence-corrected chi connectivity index (χ4v) is 2.60. The molecule has 2 aromatic rings. The molecular formula is C21H23NO3. The Kier molecular flexibility index (Phi) is 5.08. The fourth-order valence-electron chi connectivity index (χ4n) is 2.60. The van der Waals surface area contributed by atoms with E-state index < -0.39 is 0 Å². The highest BCUT2D eigenvalue weighted by atomic mass is 16.5. The highest BCUT2D eigenvalue weighted by Gasteiger charge is 2.25. The lowest BCUT2D eigenvalue weighted by Gasteiger charge is -2.13. The van der Waals surface area contributed by atoms with E-state index in [4.69, 9.17) is 9.47 Å². The van der Waals surface area contributed by atoms with Crippen LogP contribution in [0.4, 0.5) is 0 Å². The van der Waals surface area contributed by atoms with Crippen molar-refractivity contribution in [3.8, 4) is 11.5 Å². The molecule has 2 aromatic carbocycles. The number of carbonyl (C=O) groups excluding carboxylic acids is 1. The molecule has 0 bridgehead atoms. The van der Waals surface area contributed by atoms with Crippen molar-refractivity contribution in [2.75, 3.05) is 14.2 Å².